The third-order valence-corrected chi connectivity index (χ3v) is 7.37. The Morgan fingerprint density at radius 2 is 1.66 bits per heavy atom. The Kier molecular flexibility index (Phi) is 18.1. The SMILES string of the molecule is C=C/C=C\C.CC=O.CCCC1C(C)=CCC1O.O=C(c1ccccc1)N1CCN(C2CCCCC2)CC1. The average molecular weight is 525 g/mol. The highest BCUT2D eigenvalue weighted by Crippen LogP contribution is 2.29. The Bertz CT molecular complexity index is 835. The van der Waals surface area contributed by atoms with Crippen molar-refractivity contribution in [3.8, 4) is 0 Å². The fourth-order valence-corrected chi connectivity index (χ4v) is 5.29. The van der Waals surface area contributed by atoms with Crippen LogP contribution in [0.4, 0.5) is 0 Å². The number of rotatable bonds is 5. The number of aliphatic hydroxyl groups excluding tert-OH is 1. The number of carbonyl (C=O) groups is 2. The molecule has 5 heteroatoms. The molecule has 3 aliphatic rings. The molecule has 1 saturated carbocycles. The van der Waals surface area contributed by atoms with E-state index in [0.717, 1.165) is 56.9 Å². The molecule has 2 aliphatic carbocycles. The monoisotopic (exact) mass is 524 g/mol. The molecule has 2 atom stereocenters. The molecule has 5 nitrogen and oxygen atoms in total. The predicted molar refractivity (Wildman–Crippen MR) is 160 cm³/mol. The van der Waals surface area contributed by atoms with Crippen LogP contribution in [0.15, 0.2) is 66.8 Å². The van der Waals surface area contributed by atoms with E-state index in [1.807, 2.05) is 54.3 Å². The first kappa shape index (κ1) is 33.5. The third-order valence-electron chi connectivity index (χ3n) is 7.37. The lowest BCUT2D eigenvalue weighted by Crippen LogP contribution is -2.52. The van der Waals surface area contributed by atoms with Crippen molar-refractivity contribution in [2.45, 2.75) is 91.2 Å². The van der Waals surface area contributed by atoms with Crippen molar-refractivity contribution in [1.82, 2.24) is 9.80 Å². The van der Waals surface area contributed by atoms with Gasteiger partial charge in [0.15, 0.2) is 0 Å². The molecular weight excluding hydrogens is 472 g/mol. The summed E-state index contributed by atoms with van der Waals surface area (Å²) < 4.78 is 0. The molecule has 2 unspecified atom stereocenters. The second-order valence-corrected chi connectivity index (χ2v) is 10.1. The number of amides is 1. The van der Waals surface area contributed by atoms with E-state index in [-0.39, 0.29) is 12.0 Å². The number of aliphatic hydroxyl groups is 1. The van der Waals surface area contributed by atoms with E-state index in [2.05, 4.69) is 31.4 Å². The van der Waals surface area contributed by atoms with Gasteiger partial charge in [0.25, 0.3) is 5.91 Å². The largest absolute Gasteiger partial charge is 0.392 e. The summed E-state index contributed by atoms with van der Waals surface area (Å²) in [6.07, 6.45) is 18.5. The van der Waals surface area contributed by atoms with Gasteiger partial charge in [-0.3, -0.25) is 9.69 Å². The van der Waals surface area contributed by atoms with Crippen LogP contribution in [0.25, 0.3) is 0 Å². The fourth-order valence-electron chi connectivity index (χ4n) is 5.29. The van der Waals surface area contributed by atoms with E-state index < -0.39 is 0 Å². The molecule has 1 heterocycles. The summed E-state index contributed by atoms with van der Waals surface area (Å²) in [7, 11) is 0. The summed E-state index contributed by atoms with van der Waals surface area (Å²) in [5.41, 5.74) is 2.20. The van der Waals surface area contributed by atoms with Crippen molar-refractivity contribution in [3.05, 3.63) is 72.4 Å². The normalized spacial score (nSPS) is 21.6. The first-order valence-corrected chi connectivity index (χ1v) is 14.5. The molecule has 0 bridgehead atoms. The van der Waals surface area contributed by atoms with E-state index in [1.54, 1.807) is 6.08 Å². The summed E-state index contributed by atoms with van der Waals surface area (Å²) in [4.78, 5) is 25.8. The lowest BCUT2D eigenvalue weighted by molar-refractivity contribution is -0.106. The maximum atomic E-state index is 12.4. The van der Waals surface area contributed by atoms with Crippen LogP contribution in [0.1, 0.15) is 89.4 Å². The van der Waals surface area contributed by atoms with Crippen molar-refractivity contribution in [2.24, 2.45) is 5.92 Å². The molecule has 4 rings (SSSR count). The molecule has 38 heavy (non-hydrogen) atoms. The Balaban J connectivity index is 0.000000334. The van der Waals surface area contributed by atoms with Crippen molar-refractivity contribution in [3.63, 3.8) is 0 Å². The minimum atomic E-state index is -0.0834. The van der Waals surface area contributed by atoms with Gasteiger partial charge in [0, 0.05) is 43.7 Å². The van der Waals surface area contributed by atoms with Crippen LogP contribution in [0.2, 0.25) is 0 Å². The van der Waals surface area contributed by atoms with E-state index in [9.17, 15) is 9.90 Å². The molecule has 1 amide bonds. The Morgan fingerprint density at radius 3 is 2.11 bits per heavy atom. The fraction of sp³-hybridized carbons (Fsp3) is 0.576. The molecule has 0 aromatic heterocycles. The van der Waals surface area contributed by atoms with E-state index >= 15 is 0 Å². The van der Waals surface area contributed by atoms with Crippen LogP contribution in [0.3, 0.4) is 0 Å². The Morgan fingerprint density at radius 1 is 1.05 bits per heavy atom. The molecule has 1 saturated heterocycles. The van der Waals surface area contributed by atoms with E-state index in [0.29, 0.717) is 5.92 Å². The summed E-state index contributed by atoms with van der Waals surface area (Å²) >= 11 is 0. The minimum absolute atomic E-state index is 0.0834. The highest BCUT2D eigenvalue weighted by atomic mass is 16.3. The number of aldehydes is 1. The van der Waals surface area contributed by atoms with E-state index in [1.165, 1.54) is 51.0 Å². The lowest BCUT2D eigenvalue weighted by atomic mass is 9.94. The number of allylic oxidation sites excluding steroid dienone is 3. The number of benzene rings is 1. The smallest absolute Gasteiger partial charge is 0.253 e. The molecule has 1 aromatic rings. The minimum Gasteiger partial charge on any atom is -0.392 e. The standard InChI is InChI=1S/C17H24N2O.C9H16O.C5H8.C2H4O/c20-17(15-7-3-1-4-8-15)19-13-11-18(12-14-19)16-9-5-2-6-10-16;1-3-4-8-7(2)5-6-9(8)10;1-3-5-4-2;1-2-3/h1,3-4,7-8,16H,2,5-6,9-14H2;5,8-10H,3-4,6H2,1-2H3;3-5H,1H2,2H3;2H,1H3/b;;5-4-;. The van der Waals surface area contributed by atoms with Crippen LogP contribution in [-0.4, -0.2) is 65.4 Å². The molecular formula is C33H52N2O3. The summed E-state index contributed by atoms with van der Waals surface area (Å²) in [5.74, 6) is 0.652. The molecule has 0 radical (unpaired) electrons. The zero-order valence-electron chi connectivity index (χ0n) is 24.4. The Labute approximate surface area is 232 Å². The van der Waals surface area contributed by atoms with Gasteiger partial charge in [0.1, 0.15) is 6.29 Å². The number of hydrogen-bond acceptors (Lipinski definition) is 4. The Hall–Kier alpha value is -2.50. The predicted octanol–water partition coefficient (Wildman–Crippen LogP) is 6.84. The van der Waals surface area contributed by atoms with Gasteiger partial charge in [0.2, 0.25) is 0 Å². The zero-order chi connectivity index (χ0) is 28.2. The van der Waals surface area contributed by atoms with Crippen molar-refractivity contribution in [2.75, 3.05) is 26.2 Å². The molecule has 1 aliphatic heterocycles. The molecule has 1 N–H and O–H groups in total. The highest BCUT2D eigenvalue weighted by molar-refractivity contribution is 5.94. The quantitative estimate of drug-likeness (QED) is 0.260. The van der Waals surface area contributed by atoms with Crippen LogP contribution < -0.4 is 0 Å². The second-order valence-electron chi connectivity index (χ2n) is 10.1. The topological polar surface area (TPSA) is 60.9 Å². The van der Waals surface area contributed by atoms with Gasteiger partial charge in [-0.15, -0.1) is 0 Å². The number of piperazine rings is 1. The summed E-state index contributed by atoms with van der Waals surface area (Å²) in [6, 6.07) is 10.4. The third kappa shape index (κ3) is 12.4. The van der Waals surface area contributed by atoms with Crippen LogP contribution in [0, 0.1) is 5.92 Å². The van der Waals surface area contributed by atoms with Crippen LogP contribution in [0.5, 0.6) is 0 Å². The molecule has 212 valence electrons. The maximum absolute atomic E-state index is 12.4. The van der Waals surface area contributed by atoms with Gasteiger partial charge in [0.05, 0.1) is 6.10 Å². The number of carbonyl (C=O) groups excluding carboxylic acids is 2. The first-order chi connectivity index (χ1) is 18.4. The summed E-state index contributed by atoms with van der Waals surface area (Å²) in [6.45, 7) is 15.0. The van der Waals surface area contributed by atoms with Crippen LogP contribution in [-0.2, 0) is 4.79 Å². The average Bonchev–Trinajstić information content (AvgIpc) is 3.28. The van der Waals surface area contributed by atoms with Crippen LogP contribution >= 0.6 is 0 Å². The van der Waals surface area contributed by atoms with E-state index in [4.69, 9.17) is 4.79 Å². The molecule has 2 fully saturated rings. The number of hydrogen-bond donors (Lipinski definition) is 1. The lowest BCUT2D eigenvalue weighted by Gasteiger charge is -2.40. The van der Waals surface area contributed by atoms with Crippen molar-refractivity contribution >= 4 is 12.2 Å². The van der Waals surface area contributed by atoms with Gasteiger partial charge in [-0.05, 0) is 58.6 Å². The number of nitrogens with zero attached hydrogens (tertiary/aromatic N) is 2. The molecule has 1 aromatic carbocycles. The zero-order valence-corrected chi connectivity index (χ0v) is 24.4. The van der Waals surface area contributed by atoms with Crippen molar-refractivity contribution in [1.29, 1.82) is 0 Å². The summed E-state index contributed by atoms with van der Waals surface area (Å²) in [5, 5.41) is 9.44. The van der Waals surface area contributed by atoms with Gasteiger partial charge in [-0.1, -0.05) is 87.3 Å². The van der Waals surface area contributed by atoms with Gasteiger partial charge < -0.3 is 14.8 Å². The second kappa shape index (κ2) is 20.5. The van der Waals surface area contributed by atoms with Gasteiger partial charge in [-0.2, -0.15) is 0 Å². The molecule has 0 spiro atoms. The van der Waals surface area contributed by atoms with Gasteiger partial charge >= 0.3 is 0 Å². The van der Waals surface area contributed by atoms with Crippen molar-refractivity contribution < 1.29 is 14.7 Å². The highest BCUT2D eigenvalue weighted by Gasteiger charge is 2.27. The first-order valence-electron chi connectivity index (χ1n) is 14.5. The van der Waals surface area contributed by atoms with Gasteiger partial charge in [-0.25, -0.2) is 0 Å². The maximum Gasteiger partial charge on any atom is 0.253 e.